The van der Waals surface area contributed by atoms with Crippen LogP contribution in [-0.2, 0) is 0 Å². The molecule has 3 N–H and O–H groups in total. The van der Waals surface area contributed by atoms with Crippen LogP contribution in [0.3, 0.4) is 0 Å². The highest BCUT2D eigenvalue weighted by Crippen LogP contribution is 2.27. The summed E-state index contributed by atoms with van der Waals surface area (Å²) in [7, 11) is 0. The lowest BCUT2D eigenvalue weighted by Gasteiger charge is -2.20. The van der Waals surface area contributed by atoms with Gasteiger partial charge in [-0.15, -0.1) is 0 Å². The van der Waals surface area contributed by atoms with Crippen molar-refractivity contribution in [1.82, 2.24) is 15.2 Å². The summed E-state index contributed by atoms with van der Waals surface area (Å²) in [4.78, 5) is 0. The van der Waals surface area contributed by atoms with Crippen molar-refractivity contribution in [3.8, 4) is 0 Å². The van der Waals surface area contributed by atoms with Gasteiger partial charge < -0.3 is 0 Å². The number of nitrogens with two attached hydrogens (primary N) is 1. The lowest BCUT2D eigenvalue weighted by molar-refractivity contribution is 0.467. The van der Waals surface area contributed by atoms with Gasteiger partial charge in [-0.2, -0.15) is 5.10 Å². The molecular formula is C13H16ClFN4. The van der Waals surface area contributed by atoms with E-state index >= 15 is 0 Å². The average Bonchev–Trinajstić information content (AvgIpc) is 2.84. The summed E-state index contributed by atoms with van der Waals surface area (Å²) < 4.78 is 15.7. The quantitative estimate of drug-likeness (QED) is 0.670. The Morgan fingerprint density at radius 1 is 1.37 bits per heavy atom. The van der Waals surface area contributed by atoms with Gasteiger partial charge in [0.15, 0.2) is 0 Å². The van der Waals surface area contributed by atoms with Gasteiger partial charge in [-0.05, 0) is 38.1 Å². The van der Waals surface area contributed by atoms with Gasteiger partial charge >= 0.3 is 0 Å². The average molecular weight is 283 g/mol. The van der Waals surface area contributed by atoms with Gasteiger partial charge in [0.1, 0.15) is 5.82 Å². The van der Waals surface area contributed by atoms with Crippen LogP contribution in [0.25, 0.3) is 0 Å². The molecule has 1 aromatic carbocycles. The molecule has 2 rings (SSSR count). The number of benzene rings is 1. The number of nitrogens with one attached hydrogen (secondary N) is 1. The van der Waals surface area contributed by atoms with E-state index < -0.39 is 6.04 Å². The van der Waals surface area contributed by atoms with Crippen molar-refractivity contribution in [3.63, 3.8) is 0 Å². The Labute approximate surface area is 116 Å². The first-order valence-electron chi connectivity index (χ1n) is 5.99. The molecule has 0 aliphatic rings. The third-order valence-corrected chi connectivity index (χ3v) is 3.16. The monoisotopic (exact) mass is 282 g/mol. The van der Waals surface area contributed by atoms with Crippen molar-refractivity contribution < 1.29 is 4.39 Å². The molecule has 0 aliphatic heterocycles. The van der Waals surface area contributed by atoms with Crippen molar-refractivity contribution in [2.24, 2.45) is 5.84 Å². The van der Waals surface area contributed by atoms with Crippen LogP contribution in [0, 0.1) is 5.82 Å². The molecule has 0 aliphatic carbocycles. The van der Waals surface area contributed by atoms with E-state index in [9.17, 15) is 4.39 Å². The molecule has 1 aromatic heterocycles. The molecule has 1 atom stereocenters. The highest BCUT2D eigenvalue weighted by atomic mass is 35.5. The van der Waals surface area contributed by atoms with Crippen molar-refractivity contribution in [2.45, 2.75) is 25.9 Å². The molecule has 1 unspecified atom stereocenters. The predicted molar refractivity (Wildman–Crippen MR) is 73.2 cm³/mol. The maximum absolute atomic E-state index is 13.9. The Kier molecular flexibility index (Phi) is 4.19. The van der Waals surface area contributed by atoms with Crippen LogP contribution in [-0.4, -0.2) is 9.78 Å². The minimum Gasteiger partial charge on any atom is -0.271 e. The molecule has 102 valence electrons. The van der Waals surface area contributed by atoms with Crippen LogP contribution in [0.4, 0.5) is 4.39 Å². The highest BCUT2D eigenvalue weighted by molar-refractivity contribution is 6.30. The van der Waals surface area contributed by atoms with Crippen molar-refractivity contribution in [3.05, 3.63) is 52.6 Å². The van der Waals surface area contributed by atoms with Crippen molar-refractivity contribution >= 4 is 11.6 Å². The van der Waals surface area contributed by atoms with Crippen LogP contribution >= 0.6 is 11.6 Å². The summed E-state index contributed by atoms with van der Waals surface area (Å²) in [6.07, 6.45) is 1.67. The van der Waals surface area contributed by atoms with Crippen LogP contribution in [0.2, 0.25) is 5.02 Å². The molecule has 0 amide bonds. The molecule has 0 radical (unpaired) electrons. The first kappa shape index (κ1) is 14.0. The third-order valence-electron chi connectivity index (χ3n) is 2.92. The Morgan fingerprint density at radius 2 is 2.11 bits per heavy atom. The summed E-state index contributed by atoms with van der Waals surface area (Å²) in [5.74, 6) is 5.23. The molecule has 2 aromatic rings. The molecule has 0 saturated heterocycles. The summed E-state index contributed by atoms with van der Waals surface area (Å²) >= 11 is 5.92. The van der Waals surface area contributed by atoms with Gasteiger partial charge in [0.25, 0.3) is 0 Å². The molecular weight excluding hydrogens is 267 g/mol. The smallest absolute Gasteiger partial charge is 0.128 e. The molecule has 0 spiro atoms. The maximum Gasteiger partial charge on any atom is 0.128 e. The van der Waals surface area contributed by atoms with E-state index in [0.717, 1.165) is 5.69 Å². The Morgan fingerprint density at radius 3 is 2.74 bits per heavy atom. The summed E-state index contributed by atoms with van der Waals surface area (Å²) in [6, 6.07) is 5.88. The van der Waals surface area contributed by atoms with E-state index in [2.05, 4.69) is 10.5 Å². The second-order valence-electron chi connectivity index (χ2n) is 4.56. The SMILES string of the molecule is CC(C)n1nccc1C(NN)c1cc(Cl)ccc1F. The normalized spacial score (nSPS) is 12.9. The second kappa shape index (κ2) is 5.69. The van der Waals surface area contributed by atoms with E-state index in [1.807, 2.05) is 19.9 Å². The zero-order chi connectivity index (χ0) is 14.0. The number of hydrogen-bond acceptors (Lipinski definition) is 3. The highest BCUT2D eigenvalue weighted by Gasteiger charge is 2.21. The number of halogens is 2. The van der Waals surface area contributed by atoms with E-state index in [1.54, 1.807) is 16.9 Å². The van der Waals surface area contributed by atoms with E-state index in [1.165, 1.54) is 12.1 Å². The van der Waals surface area contributed by atoms with Crippen molar-refractivity contribution in [2.75, 3.05) is 0 Å². The lowest BCUT2D eigenvalue weighted by atomic mass is 10.0. The summed E-state index contributed by atoms with van der Waals surface area (Å²) in [5.41, 5.74) is 3.82. The minimum absolute atomic E-state index is 0.156. The Hall–Kier alpha value is -1.43. The fraction of sp³-hybridized carbons (Fsp3) is 0.308. The van der Waals surface area contributed by atoms with Crippen molar-refractivity contribution in [1.29, 1.82) is 0 Å². The fourth-order valence-corrected chi connectivity index (χ4v) is 2.24. The molecule has 6 heteroatoms. The number of hydrogen-bond donors (Lipinski definition) is 2. The zero-order valence-corrected chi connectivity index (χ0v) is 11.5. The minimum atomic E-state index is -0.497. The number of rotatable bonds is 4. The van der Waals surface area contributed by atoms with Gasteiger partial charge in [-0.3, -0.25) is 10.5 Å². The molecule has 0 fully saturated rings. The number of hydrazine groups is 1. The number of nitrogens with zero attached hydrogens (tertiary/aromatic N) is 2. The van der Waals surface area contributed by atoms with Gasteiger partial charge in [0, 0.05) is 22.8 Å². The summed E-state index contributed by atoms with van der Waals surface area (Å²) in [6.45, 7) is 4.00. The molecule has 0 bridgehead atoms. The van der Waals surface area contributed by atoms with Crippen LogP contribution in [0.5, 0.6) is 0 Å². The lowest BCUT2D eigenvalue weighted by Crippen LogP contribution is -2.31. The van der Waals surface area contributed by atoms with E-state index in [4.69, 9.17) is 17.4 Å². The molecule has 4 nitrogen and oxygen atoms in total. The molecule has 19 heavy (non-hydrogen) atoms. The third kappa shape index (κ3) is 2.78. The fourth-order valence-electron chi connectivity index (χ4n) is 2.05. The molecule has 0 saturated carbocycles. The Balaban J connectivity index is 2.50. The van der Waals surface area contributed by atoms with E-state index in [0.29, 0.717) is 10.6 Å². The van der Waals surface area contributed by atoms with Crippen LogP contribution in [0.1, 0.15) is 37.2 Å². The number of aromatic nitrogens is 2. The zero-order valence-electron chi connectivity index (χ0n) is 10.8. The largest absolute Gasteiger partial charge is 0.271 e. The van der Waals surface area contributed by atoms with Gasteiger partial charge in [-0.25, -0.2) is 9.82 Å². The van der Waals surface area contributed by atoms with Crippen LogP contribution in [0.15, 0.2) is 30.5 Å². The van der Waals surface area contributed by atoms with Crippen LogP contribution < -0.4 is 11.3 Å². The van der Waals surface area contributed by atoms with Gasteiger partial charge in [0.2, 0.25) is 0 Å². The topological polar surface area (TPSA) is 55.9 Å². The second-order valence-corrected chi connectivity index (χ2v) is 5.00. The first-order valence-corrected chi connectivity index (χ1v) is 6.37. The standard InChI is InChI=1S/C13H16ClFN4/c1-8(2)19-12(5-6-17-19)13(18-16)10-7-9(14)3-4-11(10)15/h3-8,13,18H,16H2,1-2H3. The van der Waals surface area contributed by atoms with E-state index in [-0.39, 0.29) is 11.9 Å². The predicted octanol–water partition coefficient (Wildman–Crippen LogP) is 2.81. The van der Waals surface area contributed by atoms with Gasteiger partial charge in [-0.1, -0.05) is 11.6 Å². The Bertz CT molecular complexity index is 568. The molecule has 1 heterocycles. The van der Waals surface area contributed by atoms with Gasteiger partial charge in [0.05, 0.1) is 11.7 Å². The first-order chi connectivity index (χ1) is 9.04. The maximum atomic E-state index is 13.9. The summed E-state index contributed by atoms with van der Waals surface area (Å²) in [5, 5.41) is 4.69.